The second kappa shape index (κ2) is 8.50. The van der Waals surface area contributed by atoms with Gasteiger partial charge in [-0.25, -0.2) is 0 Å². The van der Waals surface area contributed by atoms with Gasteiger partial charge < -0.3 is 0 Å². The summed E-state index contributed by atoms with van der Waals surface area (Å²) in [5.74, 6) is -0.858. The molecular weight excluding hydrogens is 366 g/mol. The molecule has 0 spiro atoms. The van der Waals surface area contributed by atoms with Crippen molar-refractivity contribution in [2.45, 2.75) is 17.1 Å². The van der Waals surface area contributed by atoms with E-state index in [1.54, 1.807) is 43.3 Å². The zero-order valence-electron chi connectivity index (χ0n) is 13.1. The van der Waals surface area contributed by atoms with Crippen molar-refractivity contribution >= 4 is 40.9 Å². The highest BCUT2D eigenvalue weighted by atomic mass is 35.5. The fourth-order valence-corrected chi connectivity index (χ4v) is 2.79. The molecule has 2 rings (SSSR count). The highest BCUT2D eigenvalue weighted by Gasteiger charge is 2.16. The minimum absolute atomic E-state index is 0.0170. The molecule has 130 valence electrons. The second-order valence-corrected chi connectivity index (χ2v) is 6.81. The van der Waals surface area contributed by atoms with Crippen molar-refractivity contribution in [3.05, 3.63) is 69.2 Å². The van der Waals surface area contributed by atoms with E-state index in [2.05, 4.69) is 10.9 Å². The Morgan fingerprint density at radius 2 is 1.68 bits per heavy atom. The third kappa shape index (κ3) is 5.47. The molecule has 25 heavy (non-hydrogen) atoms. The van der Waals surface area contributed by atoms with Crippen LogP contribution in [0.3, 0.4) is 0 Å². The molecule has 9 heteroatoms. The van der Waals surface area contributed by atoms with Gasteiger partial charge in [-0.2, -0.15) is 0 Å². The summed E-state index contributed by atoms with van der Waals surface area (Å²) in [4.78, 5) is 34.8. The maximum Gasteiger partial charge on any atom is 0.269 e. The standard InChI is InChI=1S/C16H14ClN3O4S/c1-10(25-14-8-6-13(7-9-14)20(23)24)15(21)18-19-16(22)11-2-4-12(17)5-3-11/h2-10H,1H3,(H,18,21)(H,19,22). The summed E-state index contributed by atoms with van der Waals surface area (Å²) in [7, 11) is 0. The summed E-state index contributed by atoms with van der Waals surface area (Å²) in [5.41, 5.74) is 5.01. The lowest BCUT2D eigenvalue weighted by molar-refractivity contribution is -0.384. The van der Waals surface area contributed by atoms with Gasteiger partial charge in [-0.3, -0.25) is 30.6 Å². The zero-order chi connectivity index (χ0) is 18.4. The number of hydrogen-bond donors (Lipinski definition) is 2. The van der Waals surface area contributed by atoms with E-state index in [1.165, 1.54) is 23.9 Å². The third-order valence-electron chi connectivity index (χ3n) is 3.14. The van der Waals surface area contributed by atoms with Crippen LogP contribution >= 0.6 is 23.4 Å². The van der Waals surface area contributed by atoms with Gasteiger partial charge in [0.05, 0.1) is 10.2 Å². The molecule has 1 atom stereocenters. The molecular formula is C16H14ClN3O4S. The Labute approximate surface area is 152 Å². The summed E-state index contributed by atoms with van der Waals surface area (Å²) in [5, 5.41) is 10.6. The first-order chi connectivity index (χ1) is 11.9. The Bertz CT molecular complexity index is 781. The van der Waals surface area contributed by atoms with Gasteiger partial charge in [-0.1, -0.05) is 11.6 Å². The topological polar surface area (TPSA) is 101 Å². The van der Waals surface area contributed by atoms with Gasteiger partial charge >= 0.3 is 0 Å². The molecule has 2 amide bonds. The number of hydrazine groups is 1. The maximum atomic E-state index is 12.0. The average molecular weight is 380 g/mol. The number of carbonyl (C=O) groups excluding carboxylic acids is 2. The highest BCUT2D eigenvalue weighted by Crippen LogP contribution is 2.25. The van der Waals surface area contributed by atoms with Crippen LogP contribution in [0.2, 0.25) is 5.02 Å². The molecule has 7 nitrogen and oxygen atoms in total. The highest BCUT2D eigenvalue weighted by molar-refractivity contribution is 8.00. The first-order valence-corrected chi connectivity index (χ1v) is 8.39. The van der Waals surface area contributed by atoms with Gasteiger partial charge in [0.15, 0.2) is 0 Å². The fourth-order valence-electron chi connectivity index (χ4n) is 1.80. The lowest BCUT2D eigenvalue weighted by Gasteiger charge is -2.12. The number of non-ortho nitro benzene ring substituents is 1. The van der Waals surface area contributed by atoms with Gasteiger partial charge in [-0.05, 0) is 43.3 Å². The molecule has 0 fully saturated rings. The minimum Gasteiger partial charge on any atom is -0.272 e. The minimum atomic E-state index is -0.507. The first-order valence-electron chi connectivity index (χ1n) is 7.13. The van der Waals surface area contributed by atoms with E-state index in [0.717, 1.165) is 0 Å². The van der Waals surface area contributed by atoms with E-state index in [9.17, 15) is 19.7 Å². The quantitative estimate of drug-likeness (QED) is 0.472. The van der Waals surface area contributed by atoms with Crippen LogP contribution < -0.4 is 10.9 Å². The van der Waals surface area contributed by atoms with Crippen LogP contribution in [0.25, 0.3) is 0 Å². The van der Waals surface area contributed by atoms with Gasteiger partial charge in [0.25, 0.3) is 17.5 Å². The summed E-state index contributed by atoms with van der Waals surface area (Å²) < 4.78 is 0. The van der Waals surface area contributed by atoms with Crippen LogP contribution in [0.15, 0.2) is 53.4 Å². The Morgan fingerprint density at radius 3 is 2.24 bits per heavy atom. The van der Waals surface area contributed by atoms with Crippen LogP contribution in [0.5, 0.6) is 0 Å². The van der Waals surface area contributed by atoms with Gasteiger partial charge in [0.2, 0.25) is 0 Å². The zero-order valence-corrected chi connectivity index (χ0v) is 14.6. The van der Waals surface area contributed by atoms with Crippen molar-refractivity contribution in [2.24, 2.45) is 0 Å². The number of nitrogens with zero attached hydrogens (tertiary/aromatic N) is 1. The number of hydrogen-bond acceptors (Lipinski definition) is 5. The molecule has 0 aliphatic heterocycles. The molecule has 0 radical (unpaired) electrons. The summed E-state index contributed by atoms with van der Waals surface area (Å²) in [6.45, 7) is 1.66. The maximum absolute atomic E-state index is 12.0. The number of nitro benzene ring substituents is 1. The summed E-state index contributed by atoms with van der Waals surface area (Å²) in [6.07, 6.45) is 0. The van der Waals surface area contributed by atoms with Crippen molar-refractivity contribution in [3.63, 3.8) is 0 Å². The number of amides is 2. The number of carbonyl (C=O) groups is 2. The van der Waals surface area contributed by atoms with Gasteiger partial charge in [-0.15, -0.1) is 11.8 Å². The fraction of sp³-hybridized carbons (Fsp3) is 0.125. The Hall–Kier alpha value is -2.58. The molecule has 2 aromatic rings. The third-order valence-corrected chi connectivity index (χ3v) is 4.50. The lowest BCUT2D eigenvalue weighted by Crippen LogP contribution is -2.44. The van der Waals surface area contributed by atoms with Crippen LogP contribution in [0.4, 0.5) is 5.69 Å². The van der Waals surface area contributed by atoms with E-state index in [-0.39, 0.29) is 5.69 Å². The Kier molecular flexibility index (Phi) is 6.37. The molecule has 0 aliphatic carbocycles. The number of nitro groups is 1. The SMILES string of the molecule is CC(Sc1ccc([N+](=O)[O-])cc1)C(=O)NNC(=O)c1ccc(Cl)cc1. The van der Waals surface area contributed by atoms with E-state index in [4.69, 9.17) is 11.6 Å². The van der Waals surface area contributed by atoms with Crippen molar-refractivity contribution < 1.29 is 14.5 Å². The molecule has 1 unspecified atom stereocenters. The molecule has 0 aromatic heterocycles. The van der Waals surface area contributed by atoms with Gasteiger partial charge in [0.1, 0.15) is 0 Å². The Balaban J connectivity index is 1.86. The first kappa shape index (κ1) is 18.8. The van der Waals surface area contributed by atoms with E-state index in [1.807, 2.05) is 0 Å². The Morgan fingerprint density at radius 1 is 1.08 bits per heavy atom. The number of benzene rings is 2. The molecule has 2 aromatic carbocycles. The average Bonchev–Trinajstić information content (AvgIpc) is 2.60. The van der Waals surface area contributed by atoms with Crippen LogP contribution in [0.1, 0.15) is 17.3 Å². The van der Waals surface area contributed by atoms with Crippen LogP contribution in [-0.4, -0.2) is 22.0 Å². The number of rotatable bonds is 5. The van der Waals surface area contributed by atoms with E-state index in [0.29, 0.717) is 15.5 Å². The monoisotopic (exact) mass is 379 g/mol. The van der Waals surface area contributed by atoms with Gasteiger partial charge in [0, 0.05) is 27.6 Å². The normalized spacial score (nSPS) is 11.4. The predicted molar refractivity (Wildman–Crippen MR) is 95.5 cm³/mol. The van der Waals surface area contributed by atoms with Crippen LogP contribution in [-0.2, 0) is 4.79 Å². The number of halogens is 1. The summed E-state index contributed by atoms with van der Waals surface area (Å²) in [6, 6.07) is 12.1. The molecule has 0 saturated carbocycles. The molecule has 0 heterocycles. The van der Waals surface area contributed by atoms with Crippen molar-refractivity contribution in [3.8, 4) is 0 Å². The molecule has 2 N–H and O–H groups in total. The molecule has 0 saturated heterocycles. The number of thioether (sulfide) groups is 1. The second-order valence-electron chi connectivity index (χ2n) is 4.96. The lowest BCUT2D eigenvalue weighted by atomic mass is 10.2. The van der Waals surface area contributed by atoms with Crippen molar-refractivity contribution in [2.75, 3.05) is 0 Å². The van der Waals surface area contributed by atoms with E-state index >= 15 is 0 Å². The predicted octanol–water partition coefficient (Wildman–Crippen LogP) is 3.19. The van der Waals surface area contributed by atoms with E-state index < -0.39 is 22.0 Å². The molecule has 0 bridgehead atoms. The molecule has 0 aliphatic rings. The smallest absolute Gasteiger partial charge is 0.269 e. The van der Waals surface area contributed by atoms with Crippen molar-refractivity contribution in [1.82, 2.24) is 10.9 Å². The van der Waals surface area contributed by atoms with Crippen LogP contribution in [0, 0.1) is 10.1 Å². The summed E-state index contributed by atoms with van der Waals surface area (Å²) >= 11 is 6.97. The largest absolute Gasteiger partial charge is 0.272 e. The van der Waals surface area contributed by atoms with Crippen molar-refractivity contribution in [1.29, 1.82) is 0 Å². The number of nitrogens with one attached hydrogen (secondary N) is 2.